The minimum Gasteiger partial charge on any atom is -0.283 e. The summed E-state index contributed by atoms with van der Waals surface area (Å²) in [6.07, 6.45) is 2.82. The molecule has 0 amide bonds. The first-order valence-electron chi connectivity index (χ1n) is 10.1. The predicted molar refractivity (Wildman–Crippen MR) is 104 cm³/mol. The maximum atomic E-state index is 6.13. The van der Waals surface area contributed by atoms with E-state index in [2.05, 4.69) is 48.5 Å². The maximum Gasteiger partial charge on any atom is 0.238 e. The molecule has 0 aliphatic heterocycles. The summed E-state index contributed by atoms with van der Waals surface area (Å²) >= 11 is 0. The van der Waals surface area contributed by atoms with Gasteiger partial charge in [-0.2, -0.15) is 0 Å². The van der Waals surface area contributed by atoms with Crippen LogP contribution in [-0.2, 0) is 18.9 Å². The fourth-order valence-corrected chi connectivity index (χ4v) is 7.91. The molecule has 1 aliphatic carbocycles. The van der Waals surface area contributed by atoms with Crippen LogP contribution in [-0.4, -0.2) is 22.4 Å². The van der Waals surface area contributed by atoms with Crippen molar-refractivity contribution >= 4 is 16.6 Å². The van der Waals surface area contributed by atoms with Crippen LogP contribution >= 0.6 is 0 Å². The Balaban J connectivity index is 2.80. The lowest BCUT2D eigenvalue weighted by Gasteiger charge is -2.36. The fraction of sp³-hybridized carbons (Fsp3) is 1.00. The van der Waals surface area contributed by atoms with Crippen molar-refractivity contribution in [1.29, 1.82) is 0 Å². The summed E-state index contributed by atoms with van der Waals surface area (Å²) in [5, 5.41) is 0. The lowest BCUT2D eigenvalue weighted by molar-refractivity contribution is -0.465. The first kappa shape index (κ1) is 22.3. The van der Waals surface area contributed by atoms with Gasteiger partial charge in [0.25, 0.3) is 0 Å². The number of rotatable bonds is 12. The van der Waals surface area contributed by atoms with E-state index in [9.17, 15) is 0 Å². The summed E-state index contributed by atoms with van der Waals surface area (Å²) in [6, 6.07) is 6.44. The summed E-state index contributed by atoms with van der Waals surface area (Å²) in [5.41, 5.74) is 0. The van der Waals surface area contributed by atoms with Crippen molar-refractivity contribution in [1.82, 2.24) is 0 Å². The largest absolute Gasteiger partial charge is 0.283 e. The molecule has 0 saturated heterocycles. The normalized spacial score (nSPS) is 21.4. The zero-order valence-electron chi connectivity index (χ0n) is 17.1. The molecular formula is C18H40O4Si2. The maximum absolute atomic E-state index is 6.13. The summed E-state index contributed by atoms with van der Waals surface area (Å²) < 4.78 is 12.3. The molecule has 1 atom stereocenters. The van der Waals surface area contributed by atoms with Gasteiger partial charge >= 0.3 is 0 Å². The van der Waals surface area contributed by atoms with Crippen LogP contribution in [0.4, 0.5) is 0 Å². The quantitative estimate of drug-likeness (QED) is 0.171. The second-order valence-corrected chi connectivity index (χ2v) is 16.9. The third kappa shape index (κ3) is 5.38. The molecule has 144 valence electrons. The highest BCUT2D eigenvalue weighted by Gasteiger charge is 2.46. The van der Waals surface area contributed by atoms with Crippen LogP contribution in [0, 0.1) is 5.92 Å². The Labute approximate surface area is 151 Å². The Kier molecular flexibility index (Phi) is 9.14. The molecule has 0 N–H and O–H groups in total. The van der Waals surface area contributed by atoms with Crippen LogP contribution in [0.15, 0.2) is 0 Å². The van der Waals surface area contributed by atoms with Crippen LogP contribution in [0.5, 0.6) is 0 Å². The van der Waals surface area contributed by atoms with Gasteiger partial charge in [0.15, 0.2) is 0 Å². The molecule has 0 aromatic carbocycles. The average Bonchev–Trinajstić information content (AvgIpc) is 3.00. The first-order chi connectivity index (χ1) is 11.4. The molecule has 0 heterocycles. The van der Waals surface area contributed by atoms with Crippen molar-refractivity contribution in [2.45, 2.75) is 110 Å². The molecule has 1 unspecified atom stereocenters. The van der Waals surface area contributed by atoms with Gasteiger partial charge in [-0.05, 0) is 48.6 Å². The van der Waals surface area contributed by atoms with E-state index in [1.165, 1.54) is 0 Å². The van der Waals surface area contributed by atoms with E-state index in [-0.39, 0.29) is 0 Å². The van der Waals surface area contributed by atoms with E-state index >= 15 is 0 Å². The molecule has 4 nitrogen and oxygen atoms in total. The molecular weight excluding hydrogens is 336 g/mol. The van der Waals surface area contributed by atoms with E-state index in [1.54, 1.807) is 0 Å². The van der Waals surface area contributed by atoms with Gasteiger partial charge < -0.3 is 0 Å². The van der Waals surface area contributed by atoms with Crippen LogP contribution < -0.4 is 0 Å². The first-order valence-corrected chi connectivity index (χ1v) is 15.2. The zero-order chi connectivity index (χ0) is 18.3. The predicted octanol–water partition coefficient (Wildman–Crippen LogP) is 6.41. The van der Waals surface area contributed by atoms with Gasteiger partial charge in [-0.3, -0.25) is 9.15 Å². The SMILES string of the molecule is CC[Si](CC)(CC)OOC1(OO[Si](CC)(CC)CC)CCC(C)C1. The Morgan fingerprint density at radius 2 is 1.12 bits per heavy atom. The molecule has 1 saturated carbocycles. The Morgan fingerprint density at radius 1 is 0.750 bits per heavy atom. The molecule has 1 aliphatic rings. The molecule has 6 heteroatoms. The van der Waals surface area contributed by atoms with Gasteiger partial charge in [-0.1, -0.05) is 48.5 Å². The molecule has 0 aromatic rings. The molecule has 1 rings (SSSR count). The van der Waals surface area contributed by atoms with E-state index in [1.807, 2.05) is 0 Å². The van der Waals surface area contributed by atoms with Crippen molar-refractivity contribution < 1.29 is 18.9 Å². The summed E-state index contributed by atoms with van der Waals surface area (Å²) in [4.78, 5) is 12.1. The molecule has 1 fully saturated rings. The monoisotopic (exact) mass is 376 g/mol. The molecule has 0 bridgehead atoms. The smallest absolute Gasteiger partial charge is 0.238 e. The third-order valence-corrected chi connectivity index (χ3v) is 14.9. The highest BCUT2D eigenvalue weighted by Crippen LogP contribution is 2.41. The summed E-state index contributed by atoms with van der Waals surface area (Å²) in [6.45, 7) is 15.5. The number of hydrogen-bond acceptors (Lipinski definition) is 4. The van der Waals surface area contributed by atoms with Gasteiger partial charge in [0, 0.05) is 12.8 Å². The average molecular weight is 377 g/mol. The minimum absolute atomic E-state index is 0.582. The van der Waals surface area contributed by atoms with E-state index in [0.717, 1.165) is 55.5 Å². The lowest BCUT2D eigenvalue weighted by Crippen LogP contribution is -2.45. The van der Waals surface area contributed by atoms with Crippen molar-refractivity contribution in [2.24, 2.45) is 5.92 Å². The topological polar surface area (TPSA) is 36.9 Å². The summed E-state index contributed by atoms with van der Waals surface area (Å²) in [5.74, 6) is -0.117. The van der Waals surface area contributed by atoms with Crippen molar-refractivity contribution in [3.05, 3.63) is 0 Å². The second-order valence-electron chi connectivity index (χ2n) is 7.58. The second kappa shape index (κ2) is 9.83. The van der Waals surface area contributed by atoms with Gasteiger partial charge in [0.1, 0.15) is 0 Å². The van der Waals surface area contributed by atoms with Gasteiger partial charge in [-0.15, -0.1) is 0 Å². The van der Waals surface area contributed by atoms with Gasteiger partial charge in [-0.25, -0.2) is 9.78 Å². The van der Waals surface area contributed by atoms with E-state index in [4.69, 9.17) is 18.9 Å². The fourth-order valence-electron chi connectivity index (χ4n) is 3.55. The summed E-state index contributed by atoms with van der Waals surface area (Å²) in [7, 11) is -3.60. The Morgan fingerprint density at radius 3 is 1.38 bits per heavy atom. The Hall–Kier alpha value is 0.274. The molecule has 0 spiro atoms. The van der Waals surface area contributed by atoms with Crippen molar-refractivity contribution in [3.8, 4) is 0 Å². The van der Waals surface area contributed by atoms with Gasteiger partial charge in [0.2, 0.25) is 22.4 Å². The lowest BCUT2D eigenvalue weighted by atomic mass is 10.1. The minimum atomic E-state index is -1.80. The molecule has 0 radical (unpaired) electrons. The van der Waals surface area contributed by atoms with Crippen LogP contribution in [0.1, 0.15) is 67.7 Å². The van der Waals surface area contributed by atoms with E-state index in [0.29, 0.717) is 5.92 Å². The van der Waals surface area contributed by atoms with Crippen LogP contribution in [0.3, 0.4) is 0 Å². The van der Waals surface area contributed by atoms with Crippen molar-refractivity contribution in [2.75, 3.05) is 0 Å². The van der Waals surface area contributed by atoms with Crippen molar-refractivity contribution in [3.63, 3.8) is 0 Å². The standard InChI is InChI=1S/C18H40O4Si2/c1-8-23(9-2,10-3)21-19-18(15-14-17(7)16-18)20-22-24(11-4,12-5)13-6/h17H,8-16H2,1-7H3. The van der Waals surface area contributed by atoms with E-state index < -0.39 is 22.4 Å². The molecule has 0 aromatic heterocycles. The molecule has 24 heavy (non-hydrogen) atoms. The highest BCUT2D eigenvalue weighted by molar-refractivity contribution is 6.73. The van der Waals surface area contributed by atoms with Crippen LogP contribution in [0.2, 0.25) is 36.3 Å². The Bertz CT molecular complexity index is 316. The zero-order valence-corrected chi connectivity index (χ0v) is 19.1. The third-order valence-electron chi connectivity index (χ3n) is 6.28. The number of hydrogen-bond donors (Lipinski definition) is 0. The van der Waals surface area contributed by atoms with Crippen LogP contribution in [0.25, 0.3) is 0 Å². The highest BCUT2D eigenvalue weighted by atomic mass is 28.4. The van der Waals surface area contributed by atoms with Gasteiger partial charge in [0.05, 0.1) is 0 Å².